The van der Waals surface area contributed by atoms with Crippen LogP contribution in [0.2, 0.25) is 0 Å². The van der Waals surface area contributed by atoms with Crippen LogP contribution < -0.4 is 0 Å². The van der Waals surface area contributed by atoms with E-state index in [1.165, 1.54) is 25.7 Å². The van der Waals surface area contributed by atoms with Crippen molar-refractivity contribution in [2.24, 2.45) is 17.8 Å². The summed E-state index contributed by atoms with van der Waals surface area (Å²) in [6, 6.07) is 0. The third kappa shape index (κ3) is 1.39. The Morgan fingerprint density at radius 1 is 1.15 bits per heavy atom. The molecular formula is C13H16. The van der Waals surface area contributed by atoms with Gasteiger partial charge in [0.05, 0.1) is 0 Å². The van der Waals surface area contributed by atoms with Gasteiger partial charge in [0.25, 0.3) is 0 Å². The number of hydrogen-bond acceptors (Lipinski definition) is 0. The van der Waals surface area contributed by atoms with Gasteiger partial charge in [-0.05, 0) is 43.1 Å². The molecule has 3 aliphatic carbocycles. The van der Waals surface area contributed by atoms with Gasteiger partial charge in [-0.15, -0.1) is 0 Å². The molecule has 0 saturated heterocycles. The van der Waals surface area contributed by atoms with Gasteiger partial charge in [0.2, 0.25) is 0 Å². The molecule has 0 nitrogen and oxygen atoms in total. The second-order valence-electron chi connectivity index (χ2n) is 4.55. The van der Waals surface area contributed by atoms with Gasteiger partial charge in [0.15, 0.2) is 0 Å². The molecule has 0 N–H and O–H groups in total. The lowest BCUT2D eigenvalue weighted by atomic mass is 9.86. The van der Waals surface area contributed by atoms with E-state index < -0.39 is 0 Å². The normalized spacial score (nSPS) is 41.2. The Morgan fingerprint density at radius 3 is 2.92 bits per heavy atom. The van der Waals surface area contributed by atoms with Crippen LogP contribution in [0.5, 0.6) is 0 Å². The Kier molecular flexibility index (Phi) is 1.68. The molecule has 0 heteroatoms. The summed E-state index contributed by atoms with van der Waals surface area (Å²) in [4.78, 5) is 0. The quantitative estimate of drug-likeness (QED) is 0.531. The maximum atomic E-state index is 2.52. The van der Waals surface area contributed by atoms with E-state index in [0.717, 1.165) is 17.8 Å². The van der Waals surface area contributed by atoms with Crippen LogP contribution in [0.15, 0.2) is 36.0 Å². The summed E-state index contributed by atoms with van der Waals surface area (Å²) >= 11 is 0. The minimum atomic E-state index is 0.742. The SMILES string of the molecule is C1=CC(C2=CC3C[C@@H]3C=C2)CCC1. The van der Waals surface area contributed by atoms with Crippen molar-refractivity contribution >= 4 is 0 Å². The van der Waals surface area contributed by atoms with Gasteiger partial charge in [-0.2, -0.15) is 0 Å². The van der Waals surface area contributed by atoms with Crippen LogP contribution >= 0.6 is 0 Å². The molecular weight excluding hydrogens is 156 g/mol. The maximum Gasteiger partial charge on any atom is 0.00149 e. The molecule has 68 valence electrons. The molecule has 3 atom stereocenters. The van der Waals surface area contributed by atoms with Gasteiger partial charge < -0.3 is 0 Å². The van der Waals surface area contributed by atoms with E-state index in [-0.39, 0.29) is 0 Å². The standard InChI is InChI=1S/C13H16/c1-2-4-10(5-3-1)11-6-7-12-9-13(12)8-11/h2,4,6-8,10,12-13H,1,3,5,9H2/t10?,12-,13?/m0/s1. The largest absolute Gasteiger partial charge is 0.0879 e. The first-order valence-corrected chi connectivity index (χ1v) is 5.50. The zero-order chi connectivity index (χ0) is 8.67. The van der Waals surface area contributed by atoms with Crippen LogP contribution in [0.4, 0.5) is 0 Å². The van der Waals surface area contributed by atoms with Crippen molar-refractivity contribution in [2.45, 2.75) is 25.7 Å². The Morgan fingerprint density at radius 2 is 2.15 bits per heavy atom. The molecule has 0 spiro atoms. The molecule has 0 aliphatic heterocycles. The smallest absolute Gasteiger partial charge is 0.00149 e. The van der Waals surface area contributed by atoms with Crippen molar-refractivity contribution in [3.05, 3.63) is 36.0 Å². The molecule has 0 aromatic carbocycles. The molecule has 13 heavy (non-hydrogen) atoms. The number of rotatable bonds is 1. The van der Waals surface area contributed by atoms with Crippen LogP contribution in [0.1, 0.15) is 25.7 Å². The van der Waals surface area contributed by atoms with Crippen molar-refractivity contribution < 1.29 is 0 Å². The molecule has 0 radical (unpaired) electrons. The van der Waals surface area contributed by atoms with Crippen molar-refractivity contribution in [2.75, 3.05) is 0 Å². The molecule has 0 aromatic rings. The van der Waals surface area contributed by atoms with Gasteiger partial charge in [0.1, 0.15) is 0 Å². The second kappa shape index (κ2) is 2.87. The fraction of sp³-hybridized carbons (Fsp3) is 0.538. The van der Waals surface area contributed by atoms with Crippen molar-refractivity contribution in [1.82, 2.24) is 0 Å². The monoisotopic (exact) mass is 172 g/mol. The highest BCUT2D eigenvalue weighted by atomic mass is 14.4. The first kappa shape index (κ1) is 7.61. The molecule has 3 aliphatic rings. The van der Waals surface area contributed by atoms with Crippen LogP contribution in [0.3, 0.4) is 0 Å². The molecule has 3 rings (SSSR count). The molecule has 2 unspecified atom stereocenters. The van der Waals surface area contributed by atoms with E-state index >= 15 is 0 Å². The highest BCUT2D eigenvalue weighted by Crippen LogP contribution is 2.46. The van der Waals surface area contributed by atoms with Crippen molar-refractivity contribution in [3.63, 3.8) is 0 Å². The molecule has 0 amide bonds. The Hall–Kier alpha value is -0.780. The van der Waals surface area contributed by atoms with E-state index in [1.54, 1.807) is 5.57 Å². The molecule has 0 bridgehead atoms. The van der Waals surface area contributed by atoms with E-state index in [1.807, 2.05) is 0 Å². The number of fused-ring (bicyclic) bond motifs is 1. The summed E-state index contributed by atoms with van der Waals surface area (Å²) in [5.74, 6) is 2.57. The molecule has 1 fully saturated rings. The molecule has 0 heterocycles. The van der Waals surface area contributed by atoms with Gasteiger partial charge >= 0.3 is 0 Å². The average Bonchev–Trinajstić information content (AvgIpc) is 2.96. The zero-order valence-electron chi connectivity index (χ0n) is 7.95. The van der Waals surface area contributed by atoms with E-state index in [9.17, 15) is 0 Å². The third-order valence-electron chi connectivity index (χ3n) is 3.52. The first-order valence-electron chi connectivity index (χ1n) is 5.50. The van der Waals surface area contributed by atoms with Gasteiger partial charge in [0, 0.05) is 5.92 Å². The Bertz CT molecular complexity index is 293. The highest BCUT2D eigenvalue weighted by molar-refractivity contribution is 5.34. The number of hydrogen-bond donors (Lipinski definition) is 0. The minimum Gasteiger partial charge on any atom is -0.0879 e. The fourth-order valence-electron chi connectivity index (χ4n) is 2.52. The summed E-state index contributed by atoms with van der Waals surface area (Å²) in [5, 5.41) is 0. The lowest BCUT2D eigenvalue weighted by molar-refractivity contribution is 0.609. The lowest BCUT2D eigenvalue weighted by Gasteiger charge is -2.19. The molecule has 1 saturated carbocycles. The predicted molar refractivity (Wildman–Crippen MR) is 55.3 cm³/mol. The maximum absolute atomic E-state index is 2.52. The topological polar surface area (TPSA) is 0 Å². The summed E-state index contributed by atoms with van der Waals surface area (Å²) < 4.78 is 0. The van der Waals surface area contributed by atoms with Crippen LogP contribution in [-0.4, -0.2) is 0 Å². The lowest BCUT2D eigenvalue weighted by Crippen LogP contribution is -2.04. The van der Waals surface area contributed by atoms with Crippen molar-refractivity contribution in [1.29, 1.82) is 0 Å². The van der Waals surface area contributed by atoms with Gasteiger partial charge in [-0.25, -0.2) is 0 Å². The van der Waals surface area contributed by atoms with Crippen molar-refractivity contribution in [3.8, 4) is 0 Å². The van der Waals surface area contributed by atoms with E-state index in [0.29, 0.717) is 0 Å². The third-order valence-corrected chi connectivity index (χ3v) is 3.52. The minimum absolute atomic E-state index is 0.742. The number of allylic oxidation sites excluding steroid dienone is 6. The van der Waals surface area contributed by atoms with Crippen LogP contribution in [0, 0.1) is 17.8 Å². The summed E-state index contributed by atoms with van der Waals surface area (Å²) in [6.07, 6.45) is 17.5. The highest BCUT2D eigenvalue weighted by Gasteiger charge is 2.35. The predicted octanol–water partition coefficient (Wildman–Crippen LogP) is 3.48. The first-order chi connectivity index (χ1) is 6.43. The summed E-state index contributed by atoms with van der Waals surface area (Å²) in [6.45, 7) is 0. The second-order valence-corrected chi connectivity index (χ2v) is 4.55. The van der Waals surface area contributed by atoms with Gasteiger partial charge in [-0.1, -0.05) is 30.4 Å². The van der Waals surface area contributed by atoms with Crippen LogP contribution in [0.25, 0.3) is 0 Å². The summed E-state index contributed by atoms with van der Waals surface area (Å²) in [7, 11) is 0. The Labute approximate surface area is 80.0 Å². The summed E-state index contributed by atoms with van der Waals surface area (Å²) in [5.41, 5.74) is 1.59. The fourth-order valence-corrected chi connectivity index (χ4v) is 2.52. The van der Waals surface area contributed by atoms with Gasteiger partial charge in [-0.3, -0.25) is 0 Å². The van der Waals surface area contributed by atoms with E-state index in [2.05, 4.69) is 30.4 Å². The zero-order valence-corrected chi connectivity index (χ0v) is 7.95. The average molecular weight is 172 g/mol. The van der Waals surface area contributed by atoms with E-state index in [4.69, 9.17) is 0 Å². The molecule has 0 aromatic heterocycles. The Balaban J connectivity index is 1.80. The van der Waals surface area contributed by atoms with Crippen LogP contribution in [-0.2, 0) is 0 Å².